The van der Waals surface area contributed by atoms with Crippen molar-refractivity contribution in [3.8, 4) is 0 Å². The Morgan fingerprint density at radius 3 is 2.79 bits per heavy atom. The third-order valence-electron chi connectivity index (χ3n) is 3.63. The zero-order valence-electron chi connectivity index (χ0n) is 11.0. The summed E-state index contributed by atoms with van der Waals surface area (Å²) in [5.74, 6) is 0.109. The number of Topliss-reactive ketones (excluding diaryl/α,β-unsaturated/α-hetero) is 1. The van der Waals surface area contributed by atoms with Gasteiger partial charge in [0.15, 0.2) is 5.78 Å². The van der Waals surface area contributed by atoms with Crippen LogP contribution in [0.4, 0.5) is 5.69 Å². The number of pyridine rings is 1. The van der Waals surface area contributed by atoms with Gasteiger partial charge in [0.2, 0.25) is 0 Å². The van der Waals surface area contributed by atoms with Crippen molar-refractivity contribution in [1.29, 1.82) is 0 Å². The number of ketones is 1. The number of carbonyl (C=O) groups is 1. The maximum atomic E-state index is 12.3. The van der Waals surface area contributed by atoms with Crippen molar-refractivity contribution in [1.82, 2.24) is 4.98 Å². The molecule has 1 heterocycles. The van der Waals surface area contributed by atoms with Gasteiger partial charge < -0.3 is 5.73 Å². The van der Waals surface area contributed by atoms with Gasteiger partial charge >= 0.3 is 0 Å². The van der Waals surface area contributed by atoms with Gasteiger partial charge in [-0.3, -0.25) is 9.78 Å². The smallest absolute Gasteiger partial charge is 0.167 e. The molecule has 0 amide bonds. The molecular weight excluding hydrogens is 304 g/mol. The van der Waals surface area contributed by atoms with Gasteiger partial charge in [0.1, 0.15) is 0 Å². The summed E-state index contributed by atoms with van der Waals surface area (Å²) in [4.78, 5) is 17.0. The molecule has 98 valence electrons. The third-order valence-corrected chi connectivity index (χ3v) is 4.12. The van der Waals surface area contributed by atoms with E-state index in [0.29, 0.717) is 17.7 Å². The van der Waals surface area contributed by atoms with Crippen LogP contribution in [-0.4, -0.2) is 10.8 Å². The van der Waals surface area contributed by atoms with Gasteiger partial charge in [-0.1, -0.05) is 29.8 Å². The molecule has 0 aliphatic heterocycles. The van der Waals surface area contributed by atoms with E-state index in [2.05, 4.69) is 34.8 Å². The molecule has 1 aliphatic rings. The summed E-state index contributed by atoms with van der Waals surface area (Å²) in [7, 11) is 0. The molecule has 1 aromatic heterocycles. The fraction of sp³-hybridized carbons (Fsp3) is 0.333. The van der Waals surface area contributed by atoms with Crippen molar-refractivity contribution in [2.24, 2.45) is 5.41 Å². The minimum atomic E-state index is -0.0352. The molecule has 0 radical (unpaired) electrons. The molecule has 0 atom stereocenters. The van der Waals surface area contributed by atoms with E-state index in [1.807, 2.05) is 18.2 Å². The Bertz CT molecular complexity index is 707. The highest BCUT2D eigenvalue weighted by atomic mass is 79.9. The summed E-state index contributed by atoms with van der Waals surface area (Å²) in [6.45, 7) is 4.19. The maximum absolute atomic E-state index is 12.3. The SMILES string of the molecule is CC1(C)CC(=O)c2c(nc3ccc(Br)cc3c2N)C1. The molecule has 19 heavy (non-hydrogen) atoms. The summed E-state index contributed by atoms with van der Waals surface area (Å²) in [6.07, 6.45) is 1.33. The van der Waals surface area contributed by atoms with Crippen LogP contribution in [0.1, 0.15) is 36.3 Å². The molecule has 0 bridgehead atoms. The average Bonchev–Trinajstić information content (AvgIpc) is 2.28. The van der Waals surface area contributed by atoms with Gasteiger partial charge in [-0.25, -0.2) is 0 Å². The lowest BCUT2D eigenvalue weighted by atomic mass is 9.75. The van der Waals surface area contributed by atoms with E-state index in [9.17, 15) is 4.79 Å². The number of nitrogens with zero attached hydrogens (tertiary/aromatic N) is 1. The van der Waals surface area contributed by atoms with Crippen molar-refractivity contribution in [2.45, 2.75) is 26.7 Å². The molecule has 0 unspecified atom stereocenters. The zero-order chi connectivity index (χ0) is 13.8. The number of nitrogen functional groups attached to an aromatic ring is 1. The fourth-order valence-corrected chi connectivity index (χ4v) is 3.15. The quantitative estimate of drug-likeness (QED) is 0.805. The first-order chi connectivity index (χ1) is 8.87. The van der Waals surface area contributed by atoms with Crippen LogP contribution in [0.5, 0.6) is 0 Å². The highest BCUT2D eigenvalue weighted by Gasteiger charge is 2.33. The van der Waals surface area contributed by atoms with E-state index in [1.54, 1.807) is 0 Å². The van der Waals surface area contributed by atoms with Gasteiger partial charge in [0.25, 0.3) is 0 Å². The van der Waals surface area contributed by atoms with E-state index in [0.717, 1.165) is 27.5 Å². The van der Waals surface area contributed by atoms with Gasteiger partial charge in [-0.05, 0) is 30.0 Å². The molecule has 0 spiro atoms. The lowest BCUT2D eigenvalue weighted by Crippen LogP contribution is -2.28. The topological polar surface area (TPSA) is 56.0 Å². The Morgan fingerprint density at radius 1 is 1.32 bits per heavy atom. The van der Waals surface area contributed by atoms with E-state index in [1.165, 1.54) is 0 Å². The Morgan fingerprint density at radius 2 is 2.05 bits per heavy atom. The summed E-state index contributed by atoms with van der Waals surface area (Å²) >= 11 is 3.43. The first-order valence-corrected chi connectivity index (χ1v) is 7.07. The van der Waals surface area contributed by atoms with Gasteiger partial charge in [-0.15, -0.1) is 0 Å². The van der Waals surface area contributed by atoms with Gasteiger partial charge in [0.05, 0.1) is 22.5 Å². The number of anilines is 1. The Kier molecular flexibility index (Phi) is 2.68. The number of carbonyl (C=O) groups excluding carboxylic acids is 1. The standard InChI is InChI=1S/C15H15BrN2O/c1-15(2)6-11-13(12(19)7-15)14(17)9-5-8(16)3-4-10(9)18-11/h3-5H,6-7H2,1-2H3,(H2,17,18). The Balaban J connectivity index is 2.33. The molecule has 0 saturated carbocycles. The lowest BCUT2D eigenvalue weighted by Gasteiger charge is -2.30. The lowest BCUT2D eigenvalue weighted by molar-refractivity contribution is 0.0912. The summed E-state index contributed by atoms with van der Waals surface area (Å²) in [6, 6.07) is 5.80. The minimum Gasteiger partial charge on any atom is -0.398 e. The molecule has 2 aromatic rings. The van der Waals surface area contributed by atoms with E-state index >= 15 is 0 Å². The Hall–Kier alpha value is -1.42. The second-order valence-electron chi connectivity index (χ2n) is 5.95. The van der Waals surface area contributed by atoms with E-state index < -0.39 is 0 Å². The predicted molar refractivity (Wildman–Crippen MR) is 80.3 cm³/mol. The third kappa shape index (κ3) is 2.04. The van der Waals surface area contributed by atoms with Crippen LogP contribution in [0.3, 0.4) is 0 Å². The van der Waals surface area contributed by atoms with Crippen LogP contribution in [0.2, 0.25) is 0 Å². The number of rotatable bonds is 0. The zero-order valence-corrected chi connectivity index (χ0v) is 12.5. The molecule has 3 rings (SSSR count). The largest absolute Gasteiger partial charge is 0.398 e. The van der Waals surface area contributed by atoms with E-state index in [4.69, 9.17) is 5.73 Å². The van der Waals surface area contributed by atoms with Crippen LogP contribution < -0.4 is 5.73 Å². The van der Waals surface area contributed by atoms with Crippen LogP contribution in [0.15, 0.2) is 22.7 Å². The second-order valence-corrected chi connectivity index (χ2v) is 6.87. The first kappa shape index (κ1) is 12.6. The fourth-order valence-electron chi connectivity index (χ4n) is 2.79. The molecule has 3 nitrogen and oxygen atoms in total. The molecule has 4 heteroatoms. The molecule has 1 aliphatic carbocycles. The molecule has 0 fully saturated rings. The van der Waals surface area contributed by atoms with E-state index in [-0.39, 0.29) is 11.2 Å². The summed E-state index contributed by atoms with van der Waals surface area (Å²) in [5.41, 5.74) is 9.06. The molecule has 1 aromatic carbocycles. The van der Waals surface area contributed by atoms with Crippen molar-refractivity contribution in [3.05, 3.63) is 33.9 Å². The monoisotopic (exact) mass is 318 g/mol. The number of aromatic nitrogens is 1. The second kappa shape index (κ2) is 4.04. The highest BCUT2D eigenvalue weighted by molar-refractivity contribution is 9.10. The number of halogens is 1. The molecule has 2 N–H and O–H groups in total. The Labute approximate surface area is 120 Å². The normalized spacial score (nSPS) is 17.5. The number of benzene rings is 1. The summed E-state index contributed by atoms with van der Waals surface area (Å²) in [5, 5.41) is 0.848. The van der Waals surface area contributed by atoms with Crippen molar-refractivity contribution < 1.29 is 4.79 Å². The van der Waals surface area contributed by atoms with Gasteiger partial charge in [-0.2, -0.15) is 0 Å². The first-order valence-electron chi connectivity index (χ1n) is 6.28. The van der Waals surface area contributed by atoms with Crippen molar-refractivity contribution in [2.75, 3.05) is 5.73 Å². The predicted octanol–water partition coefficient (Wildman–Crippen LogP) is 3.73. The van der Waals surface area contributed by atoms with Crippen LogP contribution in [0.25, 0.3) is 10.9 Å². The number of hydrogen-bond acceptors (Lipinski definition) is 3. The van der Waals surface area contributed by atoms with Crippen LogP contribution in [0, 0.1) is 5.41 Å². The average molecular weight is 319 g/mol. The van der Waals surface area contributed by atoms with Crippen molar-refractivity contribution in [3.63, 3.8) is 0 Å². The molecule has 0 saturated heterocycles. The van der Waals surface area contributed by atoms with Crippen molar-refractivity contribution >= 4 is 38.3 Å². The van der Waals surface area contributed by atoms with Crippen LogP contribution in [-0.2, 0) is 6.42 Å². The maximum Gasteiger partial charge on any atom is 0.167 e. The summed E-state index contributed by atoms with van der Waals surface area (Å²) < 4.78 is 0.942. The number of hydrogen-bond donors (Lipinski definition) is 1. The minimum absolute atomic E-state index is 0.0352. The number of nitrogens with two attached hydrogens (primary N) is 1. The highest BCUT2D eigenvalue weighted by Crippen LogP contribution is 2.38. The molecular formula is C15H15BrN2O. The number of fused-ring (bicyclic) bond motifs is 2. The van der Waals surface area contributed by atoms with Gasteiger partial charge in [0, 0.05) is 16.3 Å². The van der Waals surface area contributed by atoms with Crippen LogP contribution >= 0.6 is 15.9 Å².